The van der Waals surface area contributed by atoms with Crippen molar-refractivity contribution in [1.82, 2.24) is 25.5 Å². The number of anilines is 1. The molecule has 4 rings (SSSR count). The molecule has 1 saturated heterocycles. The number of amides is 2. The van der Waals surface area contributed by atoms with Crippen LogP contribution in [0.2, 0.25) is 4.34 Å². The zero-order valence-electron chi connectivity index (χ0n) is 19.8. The van der Waals surface area contributed by atoms with E-state index in [0.717, 1.165) is 44.5 Å². The third-order valence-electron chi connectivity index (χ3n) is 5.37. The van der Waals surface area contributed by atoms with Crippen molar-refractivity contribution in [2.45, 2.75) is 27.6 Å². The van der Waals surface area contributed by atoms with Gasteiger partial charge in [-0.3, -0.25) is 24.9 Å². The molecule has 2 atom stereocenters. The summed E-state index contributed by atoms with van der Waals surface area (Å²) in [6.45, 7) is 0.664. The molecule has 2 aliphatic rings. The van der Waals surface area contributed by atoms with Gasteiger partial charge in [0, 0.05) is 39.4 Å². The maximum atomic E-state index is 13.1. The van der Waals surface area contributed by atoms with Crippen LogP contribution in [0.15, 0.2) is 44.0 Å². The lowest BCUT2D eigenvalue weighted by Gasteiger charge is -2.49. The molecule has 2 amide bonds. The number of aromatic nitrogens is 2. The van der Waals surface area contributed by atoms with Crippen LogP contribution < -0.4 is 16.4 Å². The molecule has 13 nitrogen and oxygen atoms in total. The number of thioether (sulfide) groups is 3. The smallest absolute Gasteiger partial charge is 0.353 e. The predicted molar refractivity (Wildman–Crippen MR) is 152 cm³/mol. The highest BCUT2D eigenvalue weighted by Crippen LogP contribution is 2.46. The Labute approximate surface area is 243 Å². The lowest BCUT2D eigenvalue weighted by atomic mass is 10.0. The molecule has 2 aromatic heterocycles. The fourth-order valence-corrected chi connectivity index (χ4v) is 8.21. The van der Waals surface area contributed by atoms with Gasteiger partial charge in [-0.15, -0.1) is 23.5 Å². The summed E-state index contributed by atoms with van der Waals surface area (Å²) in [6.07, 6.45) is 5.29. The molecule has 0 unspecified atom stereocenters. The van der Waals surface area contributed by atoms with E-state index in [4.69, 9.17) is 22.7 Å². The van der Waals surface area contributed by atoms with E-state index in [0.29, 0.717) is 11.4 Å². The Morgan fingerprint density at radius 2 is 2.21 bits per heavy atom. The molecule has 0 saturated carbocycles. The predicted octanol–water partition coefficient (Wildman–Crippen LogP) is 2.12. The molecule has 1 fully saturated rings. The van der Waals surface area contributed by atoms with E-state index in [1.54, 1.807) is 30.2 Å². The van der Waals surface area contributed by atoms with Crippen molar-refractivity contribution in [2.75, 3.05) is 23.8 Å². The second-order valence-corrected chi connectivity index (χ2v) is 12.8. The molecule has 206 valence electrons. The Bertz CT molecular complexity index is 1370. The van der Waals surface area contributed by atoms with Crippen molar-refractivity contribution >= 4 is 93.2 Å². The maximum absolute atomic E-state index is 13.1. The Balaban J connectivity index is 1.48. The Morgan fingerprint density at radius 3 is 2.87 bits per heavy atom. The molecule has 0 aromatic carbocycles. The Hall–Kier alpha value is -2.99. The molecule has 4 heterocycles. The summed E-state index contributed by atoms with van der Waals surface area (Å²) < 4.78 is 0.0403. The first-order chi connectivity index (χ1) is 18.8. The molecule has 0 radical (unpaired) electrons. The number of oxime groups is 1. The second kappa shape index (κ2) is 12.9. The van der Waals surface area contributed by atoms with Crippen molar-refractivity contribution in [1.29, 1.82) is 5.41 Å². The van der Waals surface area contributed by atoms with Crippen LogP contribution in [0.3, 0.4) is 0 Å². The maximum Gasteiger partial charge on any atom is 0.353 e. The van der Waals surface area contributed by atoms with Crippen LogP contribution in [-0.2, 0) is 14.4 Å². The van der Waals surface area contributed by atoms with Gasteiger partial charge in [-0.2, -0.15) is 0 Å². The van der Waals surface area contributed by atoms with E-state index in [-0.39, 0.29) is 26.6 Å². The number of nitrogens with two attached hydrogens (primary N) is 1. The van der Waals surface area contributed by atoms with Crippen molar-refractivity contribution in [2.24, 2.45) is 5.16 Å². The molecule has 0 bridgehead atoms. The molecule has 2 aliphatic heterocycles. The number of carboxylic acids is 1. The molecule has 0 aliphatic carbocycles. The molecule has 39 heavy (non-hydrogen) atoms. The highest BCUT2D eigenvalue weighted by molar-refractivity contribution is 8.07. The summed E-state index contributed by atoms with van der Waals surface area (Å²) in [5.41, 5.74) is 4.81. The number of pyridine rings is 1. The van der Waals surface area contributed by atoms with Gasteiger partial charge in [0.25, 0.3) is 11.8 Å². The van der Waals surface area contributed by atoms with Crippen LogP contribution in [0.5, 0.6) is 0 Å². The van der Waals surface area contributed by atoms with Crippen molar-refractivity contribution in [3.63, 3.8) is 0 Å². The zero-order chi connectivity index (χ0) is 28.1. The number of thiazole rings is 1. The quantitative estimate of drug-likeness (QED) is 0.0380. The summed E-state index contributed by atoms with van der Waals surface area (Å²) in [4.78, 5) is 49.5. The minimum Gasteiger partial charge on any atom is -0.477 e. The summed E-state index contributed by atoms with van der Waals surface area (Å²) in [5.74, 6) is -1.72. The van der Waals surface area contributed by atoms with E-state index < -0.39 is 34.9 Å². The van der Waals surface area contributed by atoms with Gasteiger partial charge in [0.05, 0.1) is 6.34 Å². The van der Waals surface area contributed by atoms with Crippen LogP contribution in [0, 0.1) is 5.41 Å². The zero-order valence-corrected chi connectivity index (χ0v) is 23.8. The van der Waals surface area contributed by atoms with Crippen molar-refractivity contribution in [3.8, 4) is 0 Å². The molecule has 7 N–H and O–H groups in total. The number of carbonyl (C=O) groups excluding carboxylic acids is 2. The van der Waals surface area contributed by atoms with Gasteiger partial charge >= 0.3 is 5.97 Å². The standard InChI is InChI=1S/C21H21ClN8O5S4/c22-16-12(28-21(24)39-16)13(29-35)17(31)27-14-18(32)30-15(20(33)34)11(7-37-19(14)30)38-9-2-4-25-6-10(9)36-5-1-3-26-8-23/h2,4,6,8,14,19,35H,1,3,5,7H2,(H2,23,26)(H2,24,28)(H,27,31)(H,33,34)/b29-13-/t14-,19+/m1/s1. The number of hydrogen-bond acceptors (Lipinski definition) is 13. The summed E-state index contributed by atoms with van der Waals surface area (Å²) in [6, 6.07) is 0.746. The van der Waals surface area contributed by atoms with Crippen LogP contribution in [0.1, 0.15) is 12.1 Å². The first-order valence-corrected chi connectivity index (χ1v) is 15.1. The van der Waals surface area contributed by atoms with E-state index in [1.165, 1.54) is 23.5 Å². The number of β-lactam (4-membered cyclic amide) rings is 1. The van der Waals surface area contributed by atoms with Crippen LogP contribution in [0.4, 0.5) is 5.13 Å². The third kappa shape index (κ3) is 6.27. The first-order valence-electron chi connectivity index (χ1n) is 11.1. The highest BCUT2D eigenvalue weighted by Gasteiger charge is 2.54. The summed E-state index contributed by atoms with van der Waals surface area (Å²) in [7, 11) is 0. The number of nitrogens with one attached hydrogen (secondary N) is 3. The lowest BCUT2D eigenvalue weighted by molar-refractivity contribution is -0.150. The number of fused-ring (bicyclic) bond motifs is 1. The Kier molecular flexibility index (Phi) is 9.60. The van der Waals surface area contributed by atoms with Crippen molar-refractivity contribution in [3.05, 3.63) is 39.1 Å². The van der Waals surface area contributed by atoms with Gasteiger partial charge < -0.3 is 26.7 Å². The van der Waals surface area contributed by atoms with Gasteiger partial charge in [0.15, 0.2) is 10.8 Å². The van der Waals surface area contributed by atoms with Crippen LogP contribution in [0.25, 0.3) is 0 Å². The topological polar surface area (TPSA) is 207 Å². The number of carbonyl (C=O) groups is 3. The summed E-state index contributed by atoms with van der Waals surface area (Å²) >= 11 is 11.0. The van der Waals surface area contributed by atoms with Gasteiger partial charge in [-0.25, -0.2) is 9.78 Å². The van der Waals surface area contributed by atoms with Gasteiger partial charge in [-0.1, -0.05) is 39.9 Å². The fraction of sp³-hybridized carbons (Fsp3) is 0.286. The lowest BCUT2D eigenvalue weighted by Crippen LogP contribution is -2.71. The number of aliphatic carboxylic acids is 1. The number of carboxylic acid groups (broad SMARTS) is 1. The monoisotopic (exact) mass is 628 g/mol. The fourth-order valence-electron chi connectivity index (χ4n) is 3.66. The molecule has 0 spiro atoms. The number of rotatable bonds is 12. The normalized spacial score (nSPS) is 18.8. The first kappa shape index (κ1) is 29.0. The highest BCUT2D eigenvalue weighted by atomic mass is 35.5. The minimum atomic E-state index is -1.26. The SMILES string of the molecule is N=CNCCCSc1cnccc1SC1=C(C(=O)O)N2C(=O)[C@@H](NC(=O)/C(=N\O)c3nc(N)sc3Cl)[C@@H]2SC1. The second-order valence-electron chi connectivity index (χ2n) is 7.79. The number of hydrogen-bond donors (Lipinski definition) is 6. The largest absolute Gasteiger partial charge is 0.477 e. The average molecular weight is 629 g/mol. The van der Waals surface area contributed by atoms with E-state index in [9.17, 15) is 24.7 Å². The van der Waals surface area contributed by atoms with E-state index in [2.05, 4.69) is 25.8 Å². The van der Waals surface area contributed by atoms with Crippen molar-refractivity contribution < 1.29 is 24.7 Å². The van der Waals surface area contributed by atoms with Crippen LogP contribution in [-0.4, -0.2) is 84.5 Å². The number of nitrogen functional groups attached to an aromatic ring is 1. The number of nitrogens with zero attached hydrogens (tertiary/aromatic N) is 4. The van der Waals surface area contributed by atoms with E-state index >= 15 is 0 Å². The molecular weight excluding hydrogens is 608 g/mol. The van der Waals surface area contributed by atoms with Crippen LogP contribution >= 0.6 is 58.2 Å². The van der Waals surface area contributed by atoms with Gasteiger partial charge in [0.1, 0.15) is 27.1 Å². The average Bonchev–Trinajstić information content (AvgIpc) is 3.25. The molecular formula is C21H21ClN8O5S4. The summed E-state index contributed by atoms with van der Waals surface area (Å²) in [5, 5.41) is 34.1. The molecule has 18 heteroatoms. The van der Waals surface area contributed by atoms with Gasteiger partial charge in [0.2, 0.25) is 0 Å². The number of halogens is 1. The minimum absolute atomic E-state index is 0.0403. The third-order valence-corrected chi connectivity index (χ3v) is 10.3. The van der Waals surface area contributed by atoms with E-state index in [1.807, 2.05) is 0 Å². The van der Waals surface area contributed by atoms with Gasteiger partial charge in [-0.05, 0) is 18.2 Å². The Morgan fingerprint density at radius 1 is 1.41 bits per heavy atom. The molecule has 2 aromatic rings.